The van der Waals surface area contributed by atoms with Crippen molar-refractivity contribution in [3.63, 3.8) is 0 Å². The lowest BCUT2D eigenvalue weighted by Crippen LogP contribution is -2.47. The molecule has 1 aromatic carbocycles. The Hall–Kier alpha value is -2.09. The summed E-state index contributed by atoms with van der Waals surface area (Å²) in [6.45, 7) is 3.20. The van der Waals surface area contributed by atoms with Gasteiger partial charge in [0.25, 0.3) is 0 Å². The van der Waals surface area contributed by atoms with Crippen LogP contribution in [0.2, 0.25) is 0 Å². The second-order valence-electron chi connectivity index (χ2n) is 7.41. The van der Waals surface area contributed by atoms with Crippen molar-refractivity contribution in [2.24, 2.45) is 0 Å². The molecule has 1 aliphatic carbocycles. The zero-order chi connectivity index (χ0) is 19.8. The molecule has 2 fully saturated rings. The number of carbonyl (C=O) groups excluding carboxylic acids is 2. The maximum Gasteiger partial charge on any atom is 0.414 e. The molecule has 0 N–H and O–H groups in total. The van der Waals surface area contributed by atoms with Crippen molar-refractivity contribution in [3.8, 4) is 0 Å². The normalized spacial score (nSPS) is 22.3. The van der Waals surface area contributed by atoms with Crippen molar-refractivity contribution in [2.75, 3.05) is 24.3 Å². The number of amides is 1. The number of hydrogen-bond acceptors (Lipinski definition) is 6. The molecular weight excluding hydrogens is 370 g/mol. The molecule has 3 rings (SSSR count). The van der Waals surface area contributed by atoms with Crippen LogP contribution in [-0.4, -0.2) is 50.7 Å². The second kappa shape index (κ2) is 7.14. The summed E-state index contributed by atoms with van der Waals surface area (Å²) in [5.74, 6) is -0.201. The molecule has 7 nitrogen and oxygen atoms in total. The summed E-state index contributed by atoms with van der Waals surface area (Å²) in [6, 6.07) is 7.76. The lowest BCUT2D eigenvalue weighted by molar-refractivity contribution is -0.146. The number of hydrogen-bond donors (Lipinski definition) is 0. The molecule has 1 saturated carbocycles. The first-order chi connectivity index (χ1) is 12.7. The van der Waals surface area contributed by atoms with Crippen LogP contribution in [0, 0.1) is 0 Å². The summed E-state index contributed by atoms with van der Waals surface area (Å²) in [5.41, 5.74) is 1.96. The molecule has 8 heteroatoms. The Bertz CT molecular complexity index is 830. The van der Waals surface area contributed by atoms with E-state index in [1.165, 1.54) is 30.2 Å². The van der Waals surface area contributed by atoms with E-state index in [1.54, 1.807) is 6.92 Å². The molecule has 1 amide bonds. The van der Waals surface area contributed by atoms with Gasteiger partial charge in [-0.1, -0.05) is 12.1 Å². The molecule has 0 radical (unpaired) electrons. The molecule has 27 heavy (non-hydrogen) atoms. The first-order valence-electron chi connectivity index (χ1n) is 9.10. The van der Waals surface area contributed by atoms with Crippen LogP contribution in [0.4, 0.5) is 10.5 Å². The van der Waals surface area contributed by atoms with E-state index in [2.05, 4.69) is 0 Å². The van der Waals surface area contributed by atoms with E-state index in [4.69, 9.17) is 9.47 Å². The molecule has 1 aliphatic heterocycles. The van der Waals surface area contributed by atoms with Gasteiger partial charge >= 0.3 is 12.1 Å². The van der Waals surface area contributed by atoms with Gasteiger partial charge in [-0.2, -0.15) is 0 Å². The van der Waals surface area contributed by atoms with Gasteiger partial charge in [0.1, 0.15) is 6.10 Å². The third kappa shape index (κ3) is 3.95. The molecule has 0 spiro atoms. The SMILES string of the molecule is CCOC(=O)C(C)(C[C@H]1CN(c2ccc(C3CC3)cc2)C(=O)O1)S(C)(=O)=O. The number of esters is 1. The fourth-order valence-electron chi connectivity index (χ4n) is 3.29. The lowest BCUT2D eigenvalue weighted by Gasteiger charge is -2.27. The Morgan fingerprint density at radius 2 is 1.93 bits per heavy atom. The van der Waals surface area contributed by atoms with Crippen molar-refractivity contribution in [2.45, 2.75) is 49.9 Å². The van der Waals surface area contributed by atoms with E-state index in [0.29, 0.717) is 11.6 Å². The fraction of sp³-hybridized carbons (Fsp3) is 0.579. The van der Waals surface area contributed by atoms with Gasteiger partial charge in [0, 0.05) is 18.4 Å². The van der Waals surface area contributed by atoms with Crippen LogP contribution >= 0.6 is 0 Å². The van der Waals surface area contributed by atoms with Crippen LogP contribution in [0.25, 0.3) is 0 Å². The summed E-state index contributed by atoms with van der Waals surface area (Å²) in [5, 5.41) is 0. The van der Waals surface area contributed by atoms with Gasteiger partial charge in [-0.05, 0) is 50.3 Å². The highest BCUT2D eigenvalue weighted by Gasteiger charge is 2.49. The molecule has 2 aliphatic rings. The average Bonchev–Trinajstić information content (AvgIpc) is 3.38. The third-order valence-corrected chi connectivity index (χ3v) is 7.24. The quantitative estimate of drug-likeness (QED) is 0.659. The predicted octanol–water partition coefficient (Wildman–Crippen LogP) is 2.65. The number of cyclic esters (lactones) is 1. The monoisotopic (exact) mass is 395 g/mol. The average molecular weight is 395 g/mol. The molecule has 1 saturated heterocycles. The van der Waals surface area contributed by atoms with Crippen LogP contribution in [0.15, 0.2) is 24.3 Å². The molecule has 0 aromatic heterocycles. The number of rotatable bonds is 7. The van der Waals surface area contributed by atoms with Gasteiger partial charge in [-0.25, -0.2) is 13.2 Å². The van der Waals surface area contributed by atoms with E-state index >= 15 is 0 Å². The minimum Gasteiger partial charge on any atom is -0.465 e. The highest BCUT2D eigenvalue weighted by Crippen LogP contribution is 2.40. The van der Waals surface area contributed by atoms with Crippen LogP contribution in [0.3, 0.4) is 0 Å². The molecule has 148 valence electrons. The molecule has 2 atom stereocenters. The summed E-state index contributed by atoms with van der Waals surface area (Å²) >= 11 is 0. The minimum atomic E-state index is -3.77. The maximum atomic E-state index is 12.3. The molecule has 0 bridgehead atoms. The van der Waals surface area contributed by atoms with Crippen LogP contribution in [0.5, 0.6) is 0 Å². The molecule has 1 unspecified atom stereocenters. The topological polar surface area (TPSA) is 90.0 Å². The summed E-state index contributed by atoms with van der Waals surface area (Å²) in [7, 11) is -3.77. The van der Waals surface area contributed by atoms with Crippen LogP contribution in [0.1, 0.15) is 44.6 Å². The largest absolute Gasteiger partial charge is 0.465 e. The van der Waals surface area contributed by atoms with Crippen molar-refractivity contribution < 1.29 is 27.5 Å². The van der Waals surface area contributed by atoms with E-state index < -0.39 is 32.8 Å². The van der Waals surface area contributed by atoms with Gasteiger partial charge < -0.3 is 9.47 Å². The summed E-state index contributed by atoms with van der Waals surface area (Å²) < 4.78 is 33.0. The Balaban J connectivity index is 1.74. The van der Waals surface area contributed by atoms with Gasteiger partial charge in [0.2, 0.25) is 0 Å². The highest BCUT2D eigenvalue weighted by molar-refractivity contribution is 7.92. The minimum absolute atomic E-state index is 0.0772. The number of benzene rings is 1. The maximum absolute atomic E-state index is 12.3. The van der Waals surface area contributed by atoms with Gasteiger partial charge in [-0.15, -0.1) is 0 Å². The standard InChI is InChI=1S/C19H25NO6S/c1-4-25-17(21)19(2,27(3,23)24)11-16-12-20(18(22)26-16)15-9-7-14(8-10-15)13-5-6-13/h7-10,13,16H,4-6,11-12H2,1-3H3/t16-,19?/m0/s1. The number of nitrogens with zero attached hydrogens (tertiary/aromatic N) is 1. The zero-order valence-corrected chi connectivity index (χ0v) is 16.6. The number of ether oxygens (including phenoxy) is 2. The van der Waals surface area contributed by atoms with Crippen molar-refractivity contribution in [1.82, 2.24) is 0 Å². The predicted molar refractivity (Wildman–Crippen MR) is 101 cm³/mol. The van der Waals surface area contributed by atoms with Crippen molar-refractivity contribution in [3.05, 3.63) is 29.8 Å². The first kappa shape index (κ1) is 19.7. The van der Waals surface area contributed by atoms with Crippen LogP contribution < -0.4 is 4.90 Å². The van der Waals surface area contributed by atoms with E-state index in [9.17, 15) is 18.0 Å². The molecular formula is C19H25NO6S. The van der Waals surface area contributed by atoms with Crippen LogP contribution in [-0.2, 0) is 24.1 Å². The van der Waals surface area contributed by atoms with E-state index in [1.807, 2.05) is 24.3 Å². The molecule has 1 aromatic rings. The third-order valence-electron chi connectivity index (χ3n) is 5.27. The van der Waals surface area contributed by atoms with Gasteiger partial charge in [0.05, 0.1) is 13.2 Å². The Labute approximate surface area is 159 Å². The number of sulfone groups is 1. The summed E-state index contributed by atoms with van der Waals surface area (Å²) in [4.78, 5) is 26.0. The number of anilines is 1. The van der Waals surface area contributed by atoms with Crippen molar-refractivity contribution in [1.29, 1.82) is 0 Å². The van der Waals surface area contributed by atoms with Gasteiger partial charge in [-0.3, -0.25) is 9.69 Å². The fourth-order valence-corrected chi connectivity index (χ4v) is 4.14. The summed E-state index contributed by atoms with van der Waals surface area (Å²) in [6.07, 6.45) is 1.99. The Morgan fingerprint density at radius 3 is 2.44 bits per heavy atom. The van der Waals surface area contributed by atoms with Crippen molar-refractivity contribution >= 4 is 27.6 Å². The Morgan fingerprint density at radius 1 is 1.30 bits per heavy atom. The smallest absolute Gasteiger partial charge is 0.414 e. The highest BCUT2D eigenvalue weighted by atomic mass is 32.2. The molecule has 1 heterocycles. The van der Waals surface area contributed by atoms with E-state index in [-0.39, 0.29) is 19.6 Å². The lowest BCUT2D eigenvalue weighted by atomic mass is 10.0. The number of carbonyl (C=O) groups is 2. The Kier molecular flexibility index (Phi) is 5.20. The zero-order valence-electron chi connectivity index (χ0n) is 15.8. The second-order valence-corrected chi connectivity index (χ2v) is 9.86. The first-order valence-corrected chi connectivity index (χ1v) is 11.0. The van der Waals surface area contributed by atoms with Gasteiger partial charge in [0.15, 0.2) is 14.6 Å². The van der Waals surface area contributed by atoms with E-state index in [0.717, 1.165) is 6.26 Å².